The molecule has 2 bridgehead atoms. The maximum Gasteiger partial charge on any atom is 0.254 e. The lowest BCUT2D eigenvalue weighted by molar-refractivity contribution is 0.644. The van der Waals surface area contributed by atoms with Gasteiger partial charge in [-0.1, -0.05) is 6.07 Å². The number of nitrogens with one attached hydrogen (secondary N) is 2. The summed E-state index contributed by atoms with van der Waals surface area (Å²) in [6, 6.07) is 6.35. The van der Waals surface area contributed by atoms with Crippen molar-refractivity contribution in [3.8, 4) is 5.95 Å². The molecule has 6 rings (SSSR count). The Morgan fingerprint density at radius 3 is 3.04 bits per heavy atom. The van der Waals surface area contributed by atoms with Crippen molar-refractivity contribution in [2.45, 2.75) is 44.1 Å². The van der Waals surface area contributed by atoms with Crippen molar-refractivity contribution in [3.63, 3.8) is 0 Å². The molecule has 28 heavy (non-hydrogen) atoms. The van der Waals surface area contributed by atoms with Gasteiger partial charge in [0.2, 0.25) is 11.9 Å². The summed E-state index contributed by atoms with van der Waals surface area (Å²) in [5.74, 6) is 2.44. The van der Waals surface area contributed by atoms with Crippen LogP contribution in [0.4, 0.5) is 17.6 Å². The molecule has 1 fully saturated rings. The highest BCUT2D eigenvalue weighted by atomic mass is 15.5. The lowest BCUT2D eigenvalue weighted by Crippen LogP contribution is -2.23. The lowest BCUT2D eigenvalue weighted by atomic mass is 9.98. The van der Waals surface area contributed by atoms with Gasteiger partial charge in [-0.15, -0.1) is 5.10 Å². The number of nitrogens with two attached hydrogens (primary N) is 1. The Hall–Kier alpha value is -3.00. The average molecular weight is 374 g/mol. The zero-order valence-corrected chi connectivity index (χ0v) is 15.5. The molecule has 0 radical (unpaired) electrons. The number of aromatic nitrogens is 5. The molecule has 3 aliphatic rings. The molecule has 2 aliphatic carbocycles. The van der Waals surface area contributed by atoms with E-state index in [0.717, 1.165) is 25.2 Å². The van der Waals surface area contributed by atoms with Gasteiger partial charge in [0.15, 0.2) is 0 Å². The van der Waals surface area contributed by atoms with E-state index < -0.39 is 0 Å². The zero-order valence-electron chi connectivity index (χ0n) is 15.5. The van der Waals surface area contributed by atoms with Gasteiger partial charge in [-0.25, -0.2) is 9.97 Å². The molecule has 3 heterocycles. The normalized spacial score (nSPS) is 22.1. The van der Waals surface area contributed by atoms with Crippen LogP contribution in [0.3, 0.4) is 0 Å². The molecule has 0 saturated heterocycles. The number of hydrogen-bond acceptors (Lipinski definition) is 7. The van der Waals surface area contributed by atoms with Crippen molar-refractivity contribution >= 4 is 17.6 Å². The summed E-state index contributed by atoms with van der Waals surface area (Å²) >= 11 is 0. The predicted octanol–water partition coefficient (Wildman–Crippen LogP) is 2.39. The van der Waals surface area contributed by atoms with E-state index in [1.165, 1.54) is 46.3 Å². The first-order valence-corrected chi connectivity index (χ1v) is 9.94. The van der Waals surface area contributed by atoms with Crippen LogP contribution < -0.4 is 16.4 Å². The van der Waals surface area contributed by atoms with Crippen LogP contribution in [0.25, 0.3) is 5.95 Å². The number of rotatable bonds is 3. The predicted molar refractivity (Wildman–Crippen MR) is 106 cm³/mol. The van der Waals surface area contributed by atoms with Crippen molar-refractivity contribution in [2.24, 2.45) is 0 Å². The molecule has 2 unspecified atom stereocenters. The quantitative estimate of drug-likeness (QED) is 0.646. The third-order valence-electron chi connectivity index (χ3n) is 6.27. The third-order valence-corrected chi connectivity index (χ3v) is 6.27. The SMILES string of the molecule is Nc1nc(Nc2ccc3c(c2)CCNC3)nn1-c1ncc2c(n1)C1CCC2C1. The van der Waals surface area contributed by atoms with Crippen LogP contribution in [0.15, 0.2) is 24.4 Å². The van der Waals surface area contributed by atoms with Gasteiger partial charge in [0.1, 0.15) is 0 Å². The van der Waals surface area contributed by atoms with Crippen LogP contribution in [-0.4, -0.2) is 31.3 Å². The number of fused-ring (bicyclic) bond motifs is 6. The highest BCUT2D eigenvalue weighted by Crippen LogP contribution is 2.51. The molecule has 8 heteroatoms. The van der Waals surface area contributed by atoms with Crippen LogP contribution in [0.1, 0.15) is 53.5 Å². The van der Waals surface area contributed by atoms with Crippen molar-refractivity contribution in [1.29, 1.82) is 0 Å². The largest absolute Gasteiger partial charge is 0.368 e. The molecular formula is C20H22N8. The Balaban J connectivity index is 1.29. The van der Waals surface area contributed by atoms with Crippen molar-refractivity contribution in [1.82, 2.24) is 30.0 Å². The Morgan fingerprint density at radius 1 is 1.14 bits per heavy atom. The minimum absolute atomic E-state index is 0.285. The van der Waals surface area contributed by atoms with Crippen LogP contribution in [0.5, 0.6) is 0 Å². The maximum atomic E-state index is 6.12. The van der Waals surface area contributed by atoms with Gasteiger partial charge in [0, 0.05) is 24.3 Å². The number of hydrogen-bond donors (Lipinski definition) is 3. The second-order valence-electron chi connectivity index (χ2n) is 7.96. The summed E-state index contributed by atoms with van der Waals surface area (Å²) in [6.45, 7) is 1.93. The molecule has 1 aliphatic heterocycles. The van der Waals surface area contributed by atoms with Gasteiger partial charge in [0.25, 0.3) is 5.95 Å². The highest BCUT2D eigenvalue weighted by Gasteiger charge is 2.38. The van der Waals surface area contributed by atoms with Crippen LogP contribution in [0.2, 0.25) is 0 Å². The van der Waals surface area contributed by atoms with E-state index in [2.05, 4.69) is 37.8 Å². The number of benzene rings is 1. The second kappa shape index (κ2) is 6.00. The fraction of sp³-hybridized carbons (Fsp3) is 0.400. The van der Waals surface area contributed by atoms with E-state index in [9.17, 15) is 0 Å². The Bertz CT molecular complexity index is 1070. The minimum Gasteiger partial charge on any atom is -0.368 e. The first-order chi connectivity index (χ1) is 13.7. The van der Waals surface area contributed by atoms with Gasteiger partial charge in [0.05, 0.1) is 5.69 Å². The Kier molecular flexibility index (Phi) is 3.43. The molecular weight excluding hydrogens is 352 g/mol. The Labute approximate surface area is 162 Å². The average Bonchev–Trinajstić information content (AvgIpc) is 3.43. The maximum absolute atomic E-state index is 6.12. The number of anilines is 3. The summed E-state index contributed by atoms with van der Waals surface area (Å²) in [6.07, 6.45) is 6.67. The van der Waals surface area contributed by atoms with E-state index in [1.807, 2.05) is 12.3 Å². The number of nitrogen functional groups attached to an aromatic ring is 1. The molecule has 1 saturated carbocycles. The van der Waals surface area contributed by atoms with E-state index in [4.69, 9.17) is 10.7 Å². The van der Waals surface area contributed by atoms with Crippen LogP contribution in [-0.2, 0) is 13.0 Å². The topological polar surface area (TPSA) is 107 Å². The van der Waals surface area contributed by atoms with Gasteiger partial charge in [-0.3, -0.25) is 0 Å². The summed E-state index contributed by atoms with van der Waals surface area (Å²) in [4.78, 5) is 13.7. The van der Waals surface area contributed by atoms with E-state index >= 15 is 0 Å². The number of nitrogens with zero attached hydrogens (tertiary/aromatic N) is 5. The molecule has 8 nitrogen and oxygen atoms in total. The minimum atomic E-state index is 0.285. The summed E-state index contributed by atoms with van der Waals surface area (Å²) in [7, 11) is 0. The van der Waals surface area contributed by atoms with E-state index in [1.54, 1.807) is 0 Å². The first-order valence-electron chi connectivity index (χ1n) is 9.94. The molecule has 3 aromatic rings. The van der Waals surface area contributed by atoms with Crippen molar-refractivity contribution in [2.75, 3.05) is 17.6 Å². The van der Waals surface area contributed by atoms with Crippen LogP contribution >= 0.6 is 0 Å². The smallest absolute Gasteiger partial charge is 0.254 e. The summed E-state index contributed by atoms with van der Waals surface area (Å²) in [5.41, 5.74) is 12.3. The molecule has 0 amide bonds. The third kappa shape index (κ3) is 2.48. The fourth-order valence-electron chi connectivity index (χ4n) is 4.86. The molecule has 1 aromatic carbocycles. The highest BCUT2D eigenvalue weighted by molar-refractivity contribution is 5.57. The monoisotopic (exact) mass is 374 g/mol. The Morgan fingerprint density at radius 2 is 2.07 bits per heavy atom. The van der Waals surface area contributed by atoms with E-state index in [-0.39, 0.29) is 5.95 Å². The second-order valence-corrected chi connectivity index (χ2v) is 7.96. The van der Waals surface area contributed by atoms with Crippen LogP contribution in [0, 0.1) is 0 Å². The van der Waals surface area contributed by atoms with Crippen molar-refractivity contribution in [3.05, 3.63) is 46.8 Å². The van der Waals surface area contributed by atoms with E-state index in [0.29, 0.717) is 23.7 Å². The fourth-order valence-corrected chi connectivity index (χ4v) is 4.86. The molecule has 2 aromatic heterocycles. The zero-order chi connectivity index (χ0) is 18.7. The lowest BCUT2D eigenvalue weighted by Gasteiger charge is -2.17. The molecule has 2 atom stereocenters. The first kappa shape index (κ1) is 16.0. The summed E-state index contributed by atoms with van der Waals surface area (Å²) in [5, 5.41) is 11.2. The van der Waals surface area contributed by atoms with Crippen molar-refractivity contribution < 1.29 is 0 Å². The van der Waals surface area contributed by atoms with Gasteiger partial charge in [-0.05, 0) is 67.0 Å². The molecule has 142 valence electrons. The van der Waals surface area contributed by atoms with Gasteiger partial charge < -0.3 is 16.4 Å². The molecule has 0 spiro atoms. The molecule has 4 N–H and O–H groups in total. The van der Waals surface area contributed by atoms with Gasteiger partial charge >= 0.3 is 0 Å². The standard InChI is InChI=1S/C20H22N8/c21-18-26-19(24-15-4-3-14-9-22-6-5-11(14)8-15)27-28(18)20-23-10-16-12-1-2-13(7-12)17(16)25-20/h3-4,8,10,12-13,22H,1-2,5-7,9H2,(H3,21,24,26,27). The van der Waals surface area contributed by atoms with Gasteiger partial charge in [-0.2, -0.15) is 9.67 Å². The summed E-state index contributed by atoms with van der Waals surface area (Å²) < 4.78 is 1.52.